The van der Waals surface area contributed by atoms with Crippen LogP contribution in [0.4, 0.5) is 11.4 Å². The summed E-state index contributed by atoms with van der Waals surface area (Å²) in [4.78, 5) is 21.6. The molecule has 0 spiro atoms. The van der Waals surface area contributed by atoms with E-state index in [-0.39, 0.29) is 12.3 Å². The lowest BCUT2D eigenvalue weighted by Gasteiger charge is -2.25. The summed E-state index contributed by atoms with van der Waals surface area (Å²) >= 11 is 0. The Kier molecular flexibility index (Phi) is 5.53. The SMILES string of the molecule is CN=Cc1cc(-n2cnc3cc(NC4CCB(C#N)CC4)ccc3c2=O)ccc1N. The van der Waals surface area contributed by atoms with Crippen molar-refractivity contribution < 1.29 is 0 Å². The van der Waals surface area contributed by atoms with Crippen LogP contribution in [-0.2, 0) is 0 Å². The number of hydrogen-bond acceptors (Lipinski definition) is 6. The van der Waals surface area contributed by atoms with Gasteiger partial charge in [-0.05, 0) is 49.2 Å². The van der Waals surface area contributed by atoms with E-state index in [2.05, 4.69) is 21.3 Å². The number of nitrogens with one attached hydrogen (secondary N) is 1. The van der Waals surface area contributed by atoms with E-state index >= 15 is 0 Å². The lowest BCUT2D eigenvalue weighted by molar-refractivity contribution is 0.640. The zero-order valence-corrected chi connectivity index (χ0v) is 16.9. The van der Waals surface area contributed by atoms with E-state index in [0.717, 1.165) is 36.7 Å². The summed E-state index contributed by atoms with van der Waals surface area (Å²) in [7, 11) is 1.68. The number of fused-ring (bicyclic) bond motifs is 1. The molecule has 0 unspecified atom stereocenters. The number of anilines is 2. The number of nitrogens with two attached hydrogens (primary N) is 1. The quantitative estimate of drug-likeness (QED) is 0.399. The third-order valence-corrected chi connectivity index (χ3v) is 5.66. The molecule has 3 aromatic rings. The van der Waals surface area contributed by atoms with Gasteiger partial charge in [-0.15, -0.1) is 0 Å². The fourth-order valence-electron chi connectivity index (χ4n) is 3.96. The minimum Gasteiger partial charge on any atom is -0.398 e. The van der Waals surface area contributed by atoms with Gasteiger partial charge in [0, 0.05) is 42.2 Å². The van der Waals surface area contributed by atoms with Crippen LogP contribution in [0.5, 0.6) is 0 Å². The number of aliphatic imine (C=N–C) groups is 1. The van der Waals surface area contributed by atoms with E-state index in [1.165, 1.54) is 4.57 Å². The molecule has 3 N–H and O–H groups in total. The maximum atomic E-state index is 13.1. The lowest BCUT2D eigenvalue weighted by Crippen LogP contribution is -2.29. The Labute approximate surface area is 175 Å². The molecule has 150 valence electrons. The molecule has 4 rings (SSSR count). The average molecular weight is 398 g/mol. The predicted octanol–water partition coefficient (Wildman–Crippen LogP) is 3.15. The summed E-state index contributed by atoms with van der Waals surface area (Å²) in [5.41, 5.74) is 9.49. The summed E-state index contributed by atoms with van der Waals surface area (Å²) in [6.07, 6.45) is 7.02. The number of nitrogens with zero attached hydrogens (tertiary/aromatic N) is 4. The van der Waals surface area contributed by atoms with Crippen LogP contribution < -0.4 is 16.6 Å². The van der Waals surface area contributed by atoms with Gasteiger partial charge in [-0.25, -0.2) is 10.2 Å². The molecule has 1 fully saturated rings. The van der Waals surface area contributed by atoms with Gasteiger partial charge in [-0.1, -0.05) is 12.6 Å². The maximum Gasteiger partial charge on any atom is 0.268 e. The number of nitriles is 1. The zero-order chi connectivity index (χ0) is 21.1. The van der Waals surface area contributed by atoms with Crippen molar-refractivity contribution in [3.8, 4) is 11.7 Å². The van der Waals surface area contributed by atoms with Gasteiger partial charge in [0.1, 0.15) is 6.33 Å². The third kappa shape index (κ3) is 3.92. The molecule has 0 aliphatic carbocycles. The van der Waals surface area contributed by atoms with E-state index < -0.39 is 0 Å². The van der Waals surface area contributed by atoms with Crippen molar-refractivity contribution in [3.63, 3.8) is 0 Å². The average Bonchev–Trinajstić information content (AvgIpc) is 2.76. The van der Waals surface area contributed by atoms with Crippen LogP contribution in [-0.4, -0.2) is 35.6 Å². The lowest BCUT2D eigenvalue weighted by atomic mass is 9.42. The van der Waals surface area contributed by atoms with Crippen molar-refractivity contribution in [3.05, 3.63) is 58.6 Å². The minimum absolute atomic E-state index is 0.134. The van der Waals surface area contributed by atoms with Gasteiger partial charge >= 0.3 is 0 Å². The Morgan fingerprint density at radius 2 is 2.10 bits per heavy atom. The van der Waals surface area contributed by atoms with Crippen LogP contribution in [0.2, 0.25) is 12.6 Å². The van der Waals surface area contributed by atoms with E-state index in [4.69, 9.17) is 11.0 Å². The van der Waals surface area contributed by atoms with Crippen molar-refractivity contribution >= 4 is 35.2 Å². The second kappa shape index (κ2) is 8.41. The molecule has 1 saturated heterocycles. The van der Waals surface area contributed by atoms with Gasteiger partial charge in [-0.2, -0.15) is 0 Å². The van der Waals surface area contributed by atoms with Gasteiger partial charge in [0.2, 0.25) is 0 Å². The van der Waals surface area contributed by atoms with Crippen molar-refractivity contribution in [2.75, 3.05) is 18.1 Å². The van der Waals surface area contributed by atoms with Crippen LogP contribution >= 0.6 is 0 Å². The van der Waals surface area contributed by atoms with Crippen LogP contribution in [0, 0.1) is 11.2 Å². The van der Waals surface area contributed by atoms with Crippen molar-refractivity contribution in [2.24, 2.45) is 4.99 Å². The van der Waals surface area contributed by atoms with Crippen molar-refractivity contribution in [1.82, 2.24) is 9.55 Å². The molecule has 30 heavy (non-hydrogen) atoms. The second-order valence-electron chi connectivity index (χ2n) is 7.67. The molecule has 1 aliphatic rings. The highest BCUT2D eigenvalue weighted by molar-refractivity contribution is 6.67. The highest BCUT2D eigenvalue weighted by Gasteiger charge is 2.24. The second-order valence-corrected chi connectivity index (χ2v) is 7.67. The Hall–Kier alpha value is -3.60. The highest BCUT2D eigenvalue weighted by atomic mass is 16.1. The first-order chi connectivity index (χ1) is 14.6. The van der Waals surface area contributed by atoms with Gasteiger partial charge in [0.15, 0.2) is 0 Å². The summed E-state index contributed by atoms with van der Waals surface area (Å²) in [6.45, 7) is 0.178. The van der Waals surface area contributed by atoms with E-state index in [9.17, 15) is 4.79 Å². The standard InChI is InChI=1S/C22H23BN6O/c1-26-12-15-10-18(3-5-20(15)25)29-14-27-21-11-17(2-4-19(21)22(29)30)28-16-6-8-23(13-24)9-7-16/h2-5,10-12,14,16,28H,6-9,25H2,1H3. The number of hydrogen-bond donors (Lipinski definition) is 2. The van der Waals surface area contributed by atoms with Crippen LogP contribution in [0.25, 0.3) is 16.6 Å². The molecule has 7 nitrogen and oxygen atoms in total. The number of nitrogen functional groups attached to an aromatic ring is 1. The molecule has 2 aromatic carbocycles. The Balaban J connectivity index is 1.61. The number of rotatable bonds is 4. The topological polar surface area (TPSA) is 109 Å². The van der Waals surface area contributed by atoms with Crippen molar-refractivity contribution in [1.29, 1.82) is 5.26 Å². The summed E-state index contributed by atoms with van der Waals surface area (Å²) < 4.78 is 1.52. The summed E-state index contributed by atoms with van der Waals surface area (Å²) in [6, 6.07) is 11.4. The Morgan fingerprint density at radius 1 is 1.30 bits per heavy atom. The first kappa shape index (κ1) is 19.7. The molecule has 0 saturated carbocycles. The van der Waals surface area contributed by atoms with Gasteiger partial charge < -0.3 is 11.1 Å². The van der Waals surface area contributed by atoms with Gasteiger partial charge in [-0.3, -0.25) is 14.4 Å². The molecular weight excluding hydrogens is 375 g/mol. The van der Waals surface area contributed by atoms with E-state index in [1.54, 1.807) is 31.7 Å². The Bertz CT molecular complexity index is 1200. The number of benzene rings is 2. The largest absolute Gasteiger partial charge is 0.398 e. The number of aromatic nitrogens is 2. The molecule has 8 heteroatoms. The summed E-state index contributed by atoms with van der Waals surface area (Å²) in [5, 5.41) is 13.1. The highest BCUT2D eigenvalue weighted by Crippen LogP contribution is 2.24. The molecule has 1 aromatic heterocycles. The first-order valence-electron chi connectivity index (χ1n) is 10.1. The third-order valence-electron chi connectivity index (χ3n) is 5.66. The smallest absolute Gasteiger partial charge is 0.268 e. The molecule has 2 heterocycles. The molecule has 1 aliphatic heterocycles. The van der Waals surface area contributed by atoms with Crippen LogP contribution in [0.3, 0.4) is 0 Å². The monoisotopic (exact) mass is 398 g/mol. The first-order valence-corrected chi connectivity index (χ1v) is 10.1. The van der Waals surface area contributed by atoms with E-state index in [0.29, 0.717) is 28.3 Å². The fourth-order valence-corrected chi connectivity index (χ4v) is 3.96. The fraction of sp³-hybridized carbons (Fsp3) is 0.273. The van der Waals surface area contributed by atoms with Crippen LogP contribution in [0.1, 0.15) is 18.4 Å². The Morgan fingerprint density at radius 3 is 2.83 bits per heavy atom. The van der Waals surface area contributed by atoms with Crippen molar-refractivity contribution in [2.45, 2.75) is 31.5 Å². The molecule has 0 atom stereocenters. The molecule has 0 radical (unpaired) electrons. The normalized spacial score (nSPS) is 14.9. The van der Waals surface area contributed by atoms with Gasteiger partial charge in [0.25, 0.3) is 12.3 Å². The van der Waals surface area contributed by atoms with E-state index in [1.807, 2.05) is 24.3 Å². The molecule has 0 bridgehead atoms. The van der Waals surface area contributed by atoms with Crippen LogP contribution in [0.15, 0.2) is 52.5 Å². The van der Waals surface area contributed by atoms with Gasteiger partial charge in [0.05, 0.1) is 16.6 Å². The maximum absolute atomic E-state index is 13.1. The predicted molar refractivity (Wildman–Crippen MR) is 123 cm³/mol. The molecule has 0 amide bonds. The molecular formula is C22H23BN6O. The minimum atomic E-state index is -0.134. The zero-order valence-electron chi connectivity index (χ0n) is 16.9. The summed E-state index contributed by atoms with van der Waals surface area (Å²) in [5.74, 6) is 2.36.